The summed E-state index contributed by atoms with van der Waals surface area (Å²) in [7, 11) is 2.17. The predicted molar refractivity (Wildman–Crippen MR) is 76.3 cm³/mol. The first-order valence-corrected chi connectivity index (χ1v) is 6.85. The molecule has 0 radical (unpaired) electrons. The predicted octanol–water partition coefficient (Wildman–Crippen LogP) is 1.42. The topological polar surface area (TPSA) is 79.1 Å². The fourth-order valence-electron chi connectivity index (χ4n) is 1.82. The first kappa shape index (κ1) is 13.5. The molecule has 0 aliphatic heterocycles. The van der Waals surface area contributed by atoms with E-state index in [4.69, 9.17) is 5.84 Å². The Labute approximate surface area is 115 Å². The molecule has 1 aromatic rings. The molecule has 6 nitrogen and oxygen atoms in total. The van der Waals surface area contributed by atoms with Gasteiger partial charge in [0.2, 0.25) is 0 Å². The lowest BCUT2D eigenvalue weighted by atomic mass is 10.3. The third-order valence-corrected chi connectivity index (χ3v) is 4.06. The zero-order chi connectivity index (χ0) is 13.1. The molecule has 7 heteroatoms. The fraction of sp³-hybridized carbons (Fsp3) is 0.636. The number of hydrogen-bond acceptors (Lipinski definition) is 6. The van der Waals surface area contributed by atoms with Crippen molar-refractivity contribution < 1.29 is 0 Å². The number of nitrogens with two attached hydrogens (primary N) is 1. The van der Waals surface area contributed by atoms with Crippen molar-refractivity contribution in [2.45, 2.75) is 31.8 Å². The number of hydrogen-bond donors (Lipinski definition) is 3. The van der Waals surface area contributed by atoms with Gasteiger partial charge in [-0.05, 0) is 42.7 Å². The summed E-state index contributed by atoms with van der Waals surface area (Å²) in [5, 5.41) is 3.32. The van der Waals surface area contributed by atoms with Crippen LogP contribution in [0.1, 0.15) is 19.8 Å². The van der Waals surface area contributed by atoms with E-state index in [1.165, 1.54) is 19.2 Å². The fourth-order valence-corrected chi connectivity index (χ4v) is 2.28. The Hall–Kier alpha value is -0.920. The molecule has 0 saturated heterocycles. The second kappa shape index (κ2) is 5.81. The van der Waals surface area contributed by atoms with Crippen molar-refractivity contribution in [2.75, 3.05) is 24.3 Å². The maximum absolute atomic E-state index is 5.37. The molecular formula is C11H19BrN6. The summed E-state index contributed by atoms with van der Waals surface area (Å²) >= 11 is 3.43. The highest BCUT2D eigenvalue weighted by Crippen LogP contribution is 2.28. The highest BCUT2D eigenvalue weighted by atomic mass is 79.9. The number of nitrogens with one attached hydrogen (secondary N) is 2. The van der Waals surface area contributed by atoms with Crippen LogP contribution in [0, 0.1) is 0 Å². The minimum Gasteiger partial charge on any atom is -0.367 e. The van der Waals surface area contributed by atoms with E-state index in [2.05, 4.69) is 55.5 Å². The van der Waals surface area contributed by atoms with Gasteiger partial charge in [0.15, 0.2) is 5.82 Å². The third-order valence-electron chi connectivity index (χ3n) is 3.31. The van der Waals surface area contributed by atoms with Gasteiger partial charge in [0.25, 0.3) is 0 Å². The second-order valence-corrected chi connectivity index (χ2v) is 5.45. The standard InChI is InChI=1S/C11H19BrN6/c1-7(18(2)8-3-4-8)5-14-10-9(12)11(17-13)16-6-15-10/h6-8H,3-5,13H2,1-2H3,(H2,14,15,16,17). The average molecular weight is 315 g/mol. The molecule has 1 saturated carbocycles. The average Bonchev–Trinajstić information content (AvgIpc) is 3.20. The molecule has 1 unspecified atom stereocenters. The quantitative estimate of drug-likeness (QED) is 0.544. The lowest BCUT2D eigenvalue weighted by Gasteiger charge is -2.25. The Bertz CT molecular complexity index is 409. The molecule has 0 aromatic carbocycles. The van der Waals surface area contributed by atoms with Crippen molar-refractivity contribution in [3.8, 4) is 0 Å². The Kier molecular flexibility index (Phi) is 4.36. The first-order chi connectivity index (χ1) is 8.63. The number of rotatable bonds is 6. The van der Waals surface area contributed by atoms with Gasteiger partial charge in [0, 0.05) is 18.6 Å². The smallest absolute Gasteiger partial charge is 0.159 e. The minimum absolute atomic E-state index is 0.466. The monoisotopic (exact) mass is 314 g/mol. The maximum atomic E-state index is 5.37. The van der Waals surface area contributed by atoms with Gasteiger partial charge >= 0.3 is 0 Å². The van der Waals surface area contributed by atoms with Crippen LogP contribution in [0.15, 0.2) is 10.8 Å². The van der Waals surface area contributed by atoms with Crippen LogP contribution in [0.2, 0.25) is 0 Å². The van der Waals surface area contributed by atoms with Crippen LogP contribution in [0.3, 0.4) is 0 Å². The van der Waals surface area contributed by atoms with Crippen LogP contribution in [0.25, 0.3) is 0 Å². The number of aromatic nitrogens is 2. The van der Waals surface area contributed by atoms with Gasteiger partial charge in [-0.15, -0.1) is 0 Å². The van der Waals surface area contributed by atoms with E-state index in [-0.39, 0.29) is 0 Å². The number of nitrogen functional groups attached to an aromatic ring is 1. The van der Waals surface area contributed by atoms with Crippen LogP contribution in [-0.2, 0) is 0 Å². The summed E-state index contributed by atoms with van der Waals surface area (Å²) in [6.45, 7) is 3.05. The number of nitrogens with zero attached hydrogens (tertiary/aromatic N) is 3. The summed E-state index contributed by atoms with van der Waals surface area (Å²) in [5.74, 6) is 6.70. The normalized spacial score (nSPS) is 16.7. The molecule has 2 rings (SSSR count). The van der Waals surface area contributed by atoms with E-state index in [1.54, 1.807) is 0 Å². The molecule has 1 heterocycles. The summed E-state index contributed by atoms with van der Waals surface area (Å²) in [6, 6.07) is 1.23. The molecule has 0 amide bonds. The number of halogens is 1. The maximum Gasteiger partial charge on any atom is 0.159 e. The molecular weight excluding hydrogens is 296 g/mol. The molecule has 1 aliphatic carbocycles. The number of hydrazine groups is 1. The number of anilines is 2. The van der Waals surface area contributed by atoms with Crippen molar-refractivity contribution in [2.24, 2.45) is 5.84 Å². The van der Waals surface area contributed by atoms with Crippen molar-refractivity contribution >= 4 is 27.6 Å². The van der Waals surface area contributed by atoms with E-state index >= 15 is 0 Å². The first-order valence-electron chi connectivity index (χ1n) is 6.06. The Balaban J connectivity index is 1.93. The van der Waals surface area contributed by atoms with Crippen LogP contribution in [0.4, 0.5) is 11.6 Å². The SMILES string of the molecule is CC(CNc1ncnc(NN)c1Br)N(C)C1CC1. The van der Waals surface area contributed by atoms with Crippen molar-refractivity contribution in [1.29, 1.82) is 0 Å². The summed E-state index contributed by atoms with van der Waals surface area (Å²) in [4.78, 5) is 10.6. The zero-order valence-electron chi connectivity index (χ0n) is 10.7. The lowest BCUT2D eigenvalue weighted by molar-refractivity contribution is 0.257. The van der Waals surface area contributed by atoms with Crippen LogP contribution in [0.5, 0.6) is 0 Å². The van der Waals surface area contributed by atoms with E-state index in [1.807, 2.05) is 0 Å². The van der Waals surface area contributed by atoms with Gasteiger partial charge in [0.05, 0.1) is 0 Å². The molecule has 1 aliphatic rings. The van der Waals surface area contributed by atoms with Gasteiger partial charge in [0.1, 0.15) is 16.6 Å². The van der Waals surface area contributed by atoms with Crippen LogP contribution >= 0.6 is 15.9 Å². The molecule has 100 valence electrons. The third kappa shape index (κ3) is 3.09. The van der Waals surface area contributed by atoms with E-state index in [0.717, 1.165) is 22.9 Å². The Morgan fingerprint density at radius 2 is 2.17 bits per heavy atom. The summed E-state index contributed by atoms with van der Waals surface area (Å²) < 4.78 is 0.758. The summed E-state index contributed by atoms with van der Waals surface area (Å²) in [5.41, 5.74) is 2.53. The van der Waals surface area contributed by atoms with Crippen LogP contribution < -0.4 is 16.6 Å². The molecule has 0 bridgehead atoms. The molecule has 0 spiro atoms. The minimum atomic E-state index is 0.466. The Morgan fingerprint density at radius 3 is 2.78 bits per heavy atom. The number of likely N-dealkylation sites (N-methyl/N-ethyl adjacent to an activating group) is 1. The second-order valence-electron chi connectivity index (χ2n) is 4.66. The lowest BCUT2D eigenvalue weighted by Crippen LogP contribution is -2.36. The molecule has 4 N–H and O–H groups in total. The van der Waals surface area contributed by atoms with Gasteiger partial charge in [-0.3, -0.25) is 4.90 Å². The Morgan fingerprint density at radius 1 is 1.50 bits per heavy atom. The van der Waals surface area contributed by atoms with E-state index in [0.29, 0.717) is 11.9 Å². The van der Waals surface area contributed by atoms with Crippen molar-refractivity contribution in [3.63, 3.8) is 0 Å². The van der Waals surface area contributed by atoms with Crippen LogP contribution in [-0.4, -0.2) is 40.5 Å². The molecule has 1 aromatic heterocycles. The van der Waals surface area contributed by atoms with Gasteiger partial charge in [-0.2, -0.15) is 0 Å². The van der Waals surface area contributed by atoms with E-state index < -0.39 is 0 Å². The summed E-state index contributed by atoms with van der Waals surface area (Å²) in [6.07, 6.45) is 4.12. The molecule has 1 atom stereocenters. The molecule has 1 fully saturated rings. The highest BCUT2D eigenvalue weighted by Gasteiger charge is 2.29. The van der Waals surface area contributed by atoms with Gasteiger partial charge < -0.3 is 10.7 Å². The van der Waals surface area contributed by atoms with Gasteiger partial charge in [-0.25, -0.2) is 15.8 Å². The van der Waals surface area contributed by atoms with Crippen molar-refractivity contribution in [1.82, 2.24) is 14.9 Å². The largest absolute Gasteiger partial charge is 0.367 e. The van der Waals surface area contributed by atoms with Crippen molar-refractivity contribution in [3.05, 3.63) is 10.8 Å². The highest BCUT2D eigenvalue weighted by molar-refractivity contribution is 9.10. The van der Waals surface area contributed by atoms with Gasteiger partial charge in [-0.1, -0.05) is 0 Å². The zero-order valence-corrected chi connectivity index (χ0v) is 12.2. The molecule has 18 heavy (non-hydrogen) atoms. The van der Waals surface area contributed by atoms with E-state index in [9.17, 15) is 0 Å².